The van der Waals surface area contributed by atoms with Crippen LogP contribution >= 0.6 is 0 Å². The second kappa shape index (κ2) is 6.27. The van der Waals surface area contributed by atoms with Gasteiger partial charge in [0, 0.05) is 23.8 Å². The summed E-state index contributed by atoms with van der Waals surface area (Å²) in [6, 6.07) is 10.2. The van der Waals surface area contributed by atoms with E-state index in [0.29, 0.717) is 5.88 Å². The Morgan fingerprint density at radius 2 is 1.76 bits per heavy atom. The third kappa shape index (κ3) is 4.87. The maximum atomic E-state index is 5.99. The van der Waals surface area contributed by atoms with Crippen LogP contribution in [0.2, 0.25) is 0 Å². The van der Waals surface area contributed by atoms with Gasteiger partial charge in [0.15, 0.2) is 0 Å². The fourth-order valence-corrected chi connectivity index (χ4v) is 2.11. The van der Waals surface area contributed by atoms with Gasteiger partial charge in [-0.25, -0.2) is 4.98 Å². The molecule has 0 atom stereocenters. The van der Waals surface area contributed by atoms with E-state index in [2.05, 4.69) is 51.0 Å². The van der Waals surface area contributed by atoms with Gasteiger partial charge in [0.2, 0.25) is 5.88 Å². The molecular weight excluding hydrogens is 260 g/mol. The number of aryl methyl sites for hydroxylation is 2. The molecule has 3 nitrogen and oxygen atoms in total. The van der Waals surface area contributed by atoms with Crippen LogP contribution in [0, 0.1) is 13.8 Å². The molecule has 0 spiro atoms. The van der Waals surface area contributed by atoms with Crippen molar-refractivity contribution in [3.63, 3.8) is 0 Å². The summed E-state index contributed by atoms with van der Waals surface area (Å²) in [6.07, 6.45) is 1.76. The van der Waals surface area contributed by atoms with E-state index in [1.807, 2.05) is 24.3 Å². The Morgan fingerprint density at radius 3 is 2.38 bits per heavy atom. The Morgan fingerprint density at radius 1 is 1.10 bits per heavy atom. The molecule has 0 radical (unpaired) electrons. The molecule has 0 saturated heterocycles. The van der Waals surface area contributed by atoms with Crippen LogP contribution in [-0.4, -0.2) is 10.5 Å². The summed E-state index contributed by atoms with van der Waals surface area (Å²) >= 11 is 0. The number of nitrogens with zero attached hydrogens (tertiary/aromatic N) is 1. The number of pyridine rings is 1. The van der Waals surface area contributed by atoms with Crippen LogP contribution < -0.4 is 10.1 Å². The van der Waals surface area contributed by atoms with Crippen LogP contribution in [0.15, 0.2) is 36.5 Å². The summed E-state index contributed by atoms with van der Waals surface area (Å²) in [4.78, 5) is 4.37. The molecule has 0 aliphatic carbocycles. The van der Waals surface area contributed by atoms with Gasteiger partial charge in [-0.2, -0.15) is 0 Å². The van der Waals surface area contributed by atoms with Crippen LogP contribution in [0.3, 0.4) is 0 Å². The van der Waals surface area contributed by atoms with Gasteiger partial charge in [-0.1, -0.05) is 12.1 Å². The second-order valence-corrected chi connectivity index (χ2v) is 6.50. The van der Waals surface area contributed by atoms with Gasteiger partial charge in [-0.05, 0) is 63.9 Å². The standard InChI is InChI=1S/C18H24N2O/c1-13-9-14(2)11-16(10-13)21-17-15(7-6-8-19-17)12-20-18(3,4)5/h6-11,20H,12H2,1-5H3. The average molecular weight is 284 g/mol. The number of hydrogen-bond acceptors (Lipinski definition) is 3. The molecule has 1 heterocycles. The van der Waals surface area contributed by atoms with Crippen molar-refractivity contribution in [2.24, 2.45) is 0 Å². The van der Waals surface area contributed by atoms with Crippen LogP contribution in [0.5, 0.6) is 11.6 Å². The first-order chi connectivity index (χ1) is 9.83. The van der Waals surface area contributed by atoms with E-state index >= 15 is 0 Å². The van der Waals surface area contributed by atoms with Crippen molar-refractivity contribution in [3.05, 3.63) is 53.2 Å². The molecule has 0 aliphatic rings. The van der Waals surface area contributed by atoms with Gasteiger partial charge >= 0.3 is 0 Å². The van der Waals surface area contributed by atoms with E-state index in [4.69, 9.17) is 4.74 Å². The van der Waals surface area contributed by atoms with Crippen LogP contribution in [-0.2, 0) is 6.54 Å². The number of hydrogen-bond donors (Lipinski definition) is 1. The number of rotatable bonds is 4. The predicted octanol–water partition coefficient (Wildman–Crippen LogP) is 4.38. The minimum Gasteiger partial charge on any atom is -0.439 e. The fraction of sp³-hybridized carbons (Fsp3) is 0.389. The molecule has 1 aromatic carbocycles. The molecule has 1 N–H and O–H groups in total. The number of aromatic nitrogens is 1. The summed E-state index contributed by atoms with van der Waals surface area (Å²) < 4.78 is 5.99. The topological polar surface area (TPSA) is 34.1 Å². The van der Waals surface area contributed by atoms with Crippen molar-refractivity contribution in [1.29, 1.82) is 0 Å². The zero-order valence-electron chi connectivity index (χ0n) is 13.5. The van der Waals surface area contributed by atoms with Crippen molar-refractivity contribution in [2.45, 2.75) is 46.7 Å². The van der Waals surface area contributed by atoms with E-state index in [9.17, 15) is 0 Å². The number of benzene rings is 1. The minimum absolute atomic E-state index is 0.0625. The highest BCUT2D eigenvalue weighted by Gasteiger charge is 2.12. The van der Waals surface area contributed by atoms with E-state index in [-0.39, 0.29) is 5.54 Å². The van der Waals surface area contributed by atoms with Gasteiger partial charge in [0.25, 0.3) is 0 Å². The minimum atomic E-state index is 0.0625. The zero-order chi connectivity index (χ0) is 15.5. The average Bonchev–Trinajstić information content (AvgIpc) is 2.35. The van der Waals surface area contributed by atoms with E-state index < -0.39 is 0 Å². The molecule has 21 heavy (non-hydrogen) atoms. The third-order valence-electron chi connectivity index (χ3n) is 3.07. The summed E-state index contributed by atoms with van der Waals surface area (Å²) in [5, 5.41) is 3.47. The molecule has 112 valence electrons. The molecule has 2 rings (SSSR count). The summed E-state index contributed by atoms with van der Waals surface area (Å²) in [5.74, 6) is 1.50. The molecule has 3 heteroatoms. The van der Waals surface area contributed by atoms with Crippen LogP contribution in [0.4, 0.5) is 0 Å². The SMILES string of the molecule is Cc1cc(C)cc(Oc2ncccc2CNC(C)(C)C)c1. The lowest BCUT2D eigenvalue weighted by Gasteiger charge is -2.21. The van der Waals surface area contributed by atoms with Crippen molar-refractivity contribution in [3.8, 4) is 11.6 Å². The smallest absolute Gasteiger partial charge is 0.223 e. The molecular formula is C18H24N2O. The molecule has 0 bridgehead atoms. The summed E-state index contributed by atoms with van der Waals surface area (Å²) in [5.41, 5.74) is 3.50. The highest BCUT2D eigenvalue weighted by molar-refractivity contribution is 5.37. The molecule has 0 aliphatic heterocycles. The van der Waals surface area contributed by atoms with Crippen LogP contribution in [0.25, 0.3) is 0 Å². The Bertz CT molecular complexity index is 595. The van der Waals surface area contributed by atoms with E-state index in [1.54, 1.807) is 6.20 Å². The first-order valence-electron chi connectivity index (χ1n) is 7.28. The highest BCUT2D eigenvalue weighted by Crippen LogP contribution is 2.25. The summed E-state index contributed by atoms with van der Waals surface area (Å²) in [6.45, 7) is 11.3. The van der Waals surface area contributed by atoms with Crippen molar-refractivity contribution in [2.75, 3.05) is 0 Å². The number of nitrogens with one attached hydrogen (secondary N) is 1. The van der Waals surface area contributed by atoms with Crippen molar-refractivity contribution < 1.29 is 4.74 Å². The first kappa shape index (κ1) is 15.5. The molecule has 0 unspecified atom stereocenters. The maximum Gasteiger partial charge on any atom is 0.223 e. The Hall–Kier alpha value is -1.87. The number of ether oxygens (including phenoxy) is 1. The Labute approximate surface area is 127 Å². The molecule has 0 saturated carbocycles. The highest BCUT2D eigenvalue weighted by atomic mass is 16.5. The molecule has 2 aromatic rings. The quantitative estimate of drug-likeness (QED) is 0.904. The van der Waals surface area contributed by atoms with Gasteiger partial charge in [0.05, 0.1) is 0 Å². The van der Waals surface area contributed by atoms with Crippen molar-refractivity contribution in [1.82, 2.24) is 10.3 Å². The Balaban J connectivity index is 2.20. The van der Waals surface area contributed by atoms with Gasteiger partial charge in [0.1, 0.15) is 5.75 Å². The zero-order valence-corrected chi connectivity index (χ0v) is 13.5. The monoisotopic (exact) mass is 284 g/mol. The molecule has 0 amide bonds. The Kier molecular flexibility index (Phi) is 4.63. The van der Waals surface area contributed by atoms with Gasteiger partial charge < -0.3 is 10.1 Å². The van der Waals surface area contributed by atoms with E-state index in [0.717, 1.165) is 17.9 Å². The largest absolute Gasteiger partial charge is 0.439 e. The maximum absolute atomic E-state index is 5.99. The van der Waals surface area contributed by atoms with Gasteiger partial charge in [-0.15, -0.1) is 0 Å². The predicted molar refractivity (Wildman–Crippen MR) is 86.8 cm³/mol. The second-order valence-electron chi connectivity index (χ2n) is 6.50. The lowest BCUT2D eigenvalue weighted by atomic mass is 10.1. The van der Waals surface area contributed by atoms with Crippen LogP contribution in [0.1, 0.15) is 37.5 Å². The summed E-state index contributed by atoms with van der Waals surface area (Å²) in [7, 11) is 0. The third-order valence-corrected chi connectivity index (χ3v) is 3.07. The normalized spacial score (nSPS) is 11.5. The molecule has 1 aromatic heterocycles. The first-order valence-corrected chi connectivity index (χ1v) is 7.28. The van der Waals surface area contributed by atoms with E-state index in [1.165, 1.54) is 11.1 Å². The van der Waals surface area contributed by atoms with Crippen molar-refractivity contribution >= 4 is 0 Å². The lowest BCUT2D eigenvalue weighted by molar-refractivity contribution is 0.409. The lowest BCUT2D eigenvalue weighted by Crippen LogP contribution is -2.35. The van der Waals surface area contributed by atoms with Gasteiger partial charge in [-0.3, -0.25) is 0 Å². The molecule has 0 fully saturated rings. The fourth-order valence-electron chi connectivity index (χ4n) is 2.11.